The van der Waals surface area contributed by atoms with Crippen LogP contribution < -0.4 is 5.32 Å². The fourth-order valence-electron chi connectivity index (χ4n) is 3.19. The van der Waals surface area contributed by atoms with Gasteiger partial charge >= 0.3 is 0 Å². The molecule has 2 amide bonds. The van der Waals surface area contributed by atoms with Gasteiger partial charge in [-0.1, -0.05) is 24.3 Å². The molecule has 2 aromatic rings. The summed E-state index contributed by atoms with van der Waals surface area (Å²) in [5.74, 6) is -1.73. The van der Waals surface area contributed by atoms with Crippen molar-refractivity contribution in [1.82, 2.24) is 10.2 Å². The van der Waals surface area contributed by atoms with E-state index in [9.17, 15) is 18.4 Å². The van der Waals surface area contributed by atoms with E-state index in [2.05, 4.69) is 5.32 Å². The van der Waals surface area contributed by atoms with E-state index in [0.29, 0.717) is 11.1 Å². The van der Waals surface area contributed by atoms with Crippen molar-refractivity contribution >= 4 is 11.8 Å². The predicted molar refractivity (Wildman–Crippen MR) is 88.3 cm³/mol. The lowest BCUT2D eigenvalue weighted by molar-refractivity contribution is -0.128. The Morgan fingerprint density at radius 2 is 1.88 bits per heavy atom. The minimum atomic E-state index is -0.573. The van der Waals surface area contributed by atoms with Crippen LogP contribution in [-0.4, -0.2) is 23.8 Å². The number of hydrogen-bond donors (Lipinski definition) is 1. The highest BCUT2D eigenvalue weighted by atomic mass is 19.1. The quantitative estimate of drug-likeness (QED) is 0.927. The van der Waals surface area contributed by atoms with Crippen LogP contribution in [0.15, 0.2) is 48.5 Å². The maximum absolute atomic E-state index is 13.2. The molecule has 1 heterocycles. The lowest BCUT2D eigenvalue weighted by Crippen LogP contribution is -2.34. The standard InChI is InChI=1S/C19H18F2N2O2/c1-23-17(24)10-16(18(23)13-5-7-14(20)8-6-13)19(25)22-11-12-3-2-4-15(21)9-12/h2-9,16,18H,10-11H2,1H3,(H,22,25)/t16-,18+/m0/s1. The number of likely N-dealkylation sites (tertiary alicyclic amines) is 1. The predicted octanol–water partition coefficient (Wildman–Crippen LogP) is 2.80. The summed E-state index contributed by atoms with van der Waals surface area (Å²) in [6.07, 6.45) is 0.0908. The number of halogens is 2. The van der Waals surface area contributed by atoms with Gasteiger partial charge in [0.1, 0.15) is 11.6 Å². The Labute approximate surface area is 144 Å². The van der Waals surface area contributed by atoms with Crippen molar-refractivity contribution in [3.05, 3.63) is 71.3 Å². The van der Waals surface area contributed by atoms with E-state index in [0.717, 1.165) is 0 Å². The molecule has 1 fully saturated rings. The van der Waals surface area contributed by atoms with Crippen molar-refractivity contribution in [1.29, 1.82) is 0 Å². The third kappa shape index (κ3) is 3.68. The molecular formula is C19H18F2N2O2. The summed E-state index contributed by atoms with van der Waals surface area (Å²) in [5, 5.41) is 2.76. The topological polar surface area (TPSA) is 49.4 Å². The number of benzene rings is 2. The molecule has 0 bridgehead atoms. The molecule has 0 spiro atoms. The molecule has 4 nitrogen and oxygen atoms in total. The van der Waals surface area contributed by atoms with E-state index in [1.54, 1.807) is 31.3 Å². The van der Waals surface area contributed by atoms with Crippen molar-refractivity contribution in [2.24, 2.45) is 5.92 Å². The zero-order valence-electron chi connectivity index (χ0n) is 13.7. The SMILES string of the molecule is CN1C(=O)C[C@H](C(=O)NCc2cccc(F)c2)[C@H]1c1ccc(F)cc1. The number of hydrogen-bond acceptors (Lipinski definition) is 2. The van der Waals surface area contributed by atoms with Gasteiger partial charge in [0.05, 0.1) is 12.0 Å². The number of nitrogens with one attached hydrogen (secondary N) is 1. The summed E-state index contributed by atoms with van der Waals surface area (Å²) < 4.78 is 26.4. The average Bonchev–Trinajstić information content (AvgIpc) is 2.89. The highest BCUT2D eigenvalue weighted by Gasteiger charge is 2.42. The van der Waals surface area contributed by atoms with Gasteiger partial charge in [0.25, 0.3) is 0 Å². The van der Waals surface area contributed by atoms with E-state index in [4.69, 9.17) is 0 Å². The highest BCUT2D eigenvalue weighted by Crippen LogP contribution is 2.37. The first-order valence-electron chi connectivity index (χ1n) is 7.99. The first-order valence-corrected chi connectivity index (χ1v) is 7.99. The summed E-state index contributed by atoms with van der Waals surface area (Å²) in [6.45, 7) is 0.182. The minimum absolute atomic E-state index is 0.0908. The van der Waals surface area contributed by atoms with Gasteiger partial charge in [-0.3, -0.25) is 9.59 Å². The molecule has 1 aliphatic heterocycles. The van der Waals surface area contributed by atoms with E-state index in [1.165, 1.54) is 29.2 Å². The fourth-order valence-corrected chi connectivity index (χ4v) is 3.19. The Balaban J connectivity index is 1.75. The largest absolute Gasteiger partial charge is 0.352 e. The van der Waals surface area contributed by atoms with Crippen molar-refractivity contribution in [2.75, 3.05) is 7.05 Å². The lowest BCUT2D eigenvalue weighted by Gasteiger charge is -2.25. The smallest absolute Gasteiger partial charge is 0.226 e. The van der Waals surface area contributed by atoms with Gasteiger partial charge in [0.2, 0.25) is 11.8 Å². The van der Waals surface area contributed by atoms with E-state index >= 15 is 0 Å². The summed E-state index contributed by atoms with van der Waals surface area (Å²) in [5.41, 5.74) is 1.35. The van der Waals surface area contributed by atoms with Gasteiger partial charge in [-0.15, -0.1) is 0 Å². The van der Waals surface area contributed by atoms with Gasteiger partial charge in [-0.05, 0) is 35.4 Å². The normalized spacial score (nSPS) is 20.0. The average molecular weight is 344 g/mol. The van der Waals surface area contributed by atoms with Crippen LogP contribution in [0, 0.1) is 17.6 Å². The first-order chi connectivity index (χ1) is 12.0. The molecule has 1 aliphatic rings. The molecule has 6 heteroatoms. The van der Waals surface area contributed by atoms with Gasteiger partial charge in [0, 0.05) is 20.0 Å². The molecule has 0 aliphatic carbocycles. The highest BCUT2D eigenvalue weighted by molar-refractivity contribution is 5.90. The molecule has 2 atom stereocenters. The van der Waals surface area contributed by atoms with Crippen LogP contribution >= 0.6 is 0 Å². The van der Waals surface area contributed by atoms with Crippen molar-refractivity contribution in [3.8, 4) is 0 Å². The summed E-state index contributed by atoms with van der Waals surface area (Å²) >= 11 is 0. The number of carbonyl (C=O) groups excluding carboxylic acids is 2. The molecular weight excluding hydrogens is 326 g/mol. The van der Waals surface area contributed by atoms with Crippen LogP contribution in [0.25, 0.3) is 0 Å². The molecule has 130 valence electrons. The molecule has 0 unspecified atom stereocenters. The monoisotopic (exact) mass is 344 g/mol. The number of carbonyl (C=O) groups is 2. The molecule has 2 aromatic carbocycles. The zero-order chi connectivity index (χ0) is 18.0. The van der Waals surface area contributed by atoms with Crippen molar-refractivity contribution in [3.63, 3.8) is 0 Å². The fraction of sp³-hybridized carbons (Fsp3) is 0.263. The summed E-state index contributed by atoms with van der Waals surface area (Å²) in [7, 11) is 1.64. The van der Waals surface area contributed by atoms with Crippen LogP contribution in [0.4, 0.5) is 8.78 Å². The second-order valence-electron chi connectivity index (χ2n) is 6.16. The second-order valence-corrected chi connectivity index (χ2v) is 6.16. The molecule has 0 radical (unpaired) electrons. The van der Waals surface area contributed by atoms with E-state index < -0.39 is 12.0 Å². The number of nitrogens with zero attached hydrogens (tertiary/aromatic N) is 1. The summed E-state index contributed by atoms with van der Waals surface area (Å²) in [4.78, 5) is 26.2. The molecule has 1 N–H and O–H groups in total. The van der Waals surface area contributed by atoms with Crippen molar-refractivity contribution in [2.45, 2.75) is 19.0 Å². The first kappa shape index (κ1) is 17.1. The van der Waals surface area contributed by atoms with E-state index in [-0.39, 0.29) is 36.4 Å². The van der Waals surface area contributed by atoms with Gasteiger partial charge in [-0.2, -0.15) is 0 Å². The maximum atomic E-state index is 13.2. The van der Waals surface area contributed by atoms with Crippen LogP contribution in [-0.2, 0) is 16.1 Å². The van der Waals surface area contributed by atoms with Crippen LogP contribution in [0.2, 0.25) is 0 Å². The van der Waals surface area contributed by atoms with Crippen LogP contribution in [0.1, 0.15) is 23.6 Å². The van der Waals surface area contributed by atoms with Crippen LogP contribution in [0.3, 0.4) is 0 Å². The lowest BCUT2D eigenvalue weighted by atomic mass is 9.93. The minimum Gasteiger partial charge on any atom is -0.352 e. The molecule has 3 rings (SSSR count). The molecule has 25 heavy (non-hydrogen) atoms. The third-order valence-corrected chi connectivity index (χ3v) is 4.49. The van der Waals surface area contributed by atoms with Gasteiger partial charge in [0.15, 0.2) is 0 Å². The second kappa shape index (κ2) is 7.01. The van der Waals surface area contributed by atoms with Crippen molar-refractivity contribution < 1.29 is 18.4 Å². The molecule has 1 saturated heterocycles. The summed E-state index contributed by atoms with van der Waals surface area (Å²) in [6, 6.07) is 11.3. The Morgan fingerprint density at radius 1 is 1.16 bits per heavy atom. The van der Waals surface area contributed by atoms with E-state index in [1.807, 2.05) is 0 Å². The Bertz CT molecular complexity index is 792. The zero-order valence-corrected chi connectivity index (χ0v) is 13.7. The van der Waals surface area contributed by atoms with Gasteiger partial charge in [-0.25, -0.2) is 8.78 Å². The Hall–Kier alpha value is -2.76. The number of rotatable bonds is 4. The van der Waals surface area contributed by atoms with Gasteiger partial charge < -0.3 is 10.2 Å². The maximum Gasteiger partial charge on any atom is 0.226 e. The molecule has 0 aromatic heterocycles. The Morgan fingerprint density at radius 3 is 2.56 bits per heavy atom. The molecule has 0 saturated carbocycles. The van der Waals surface area contributed by atoms with Crippen LogP contribution in [0.5, 0.6) is 0 Å². The third-order valence-electron chi connectivity index (χ3n) is 4.49. The Kier molecular flexibility index (Phi) is 4.79. The number of amides is 2.